The molecule has 0 aliphatic rings. The van der Waals surface area contributed by atoms with E-state index in [1.165, 1.54) is 0 Å². The minimum absolute atomic E-state index is 0.231. The fourth-order valence-corrected chi connectivity index (χ4v) is 0.212. The van der Waals surface area contributed by atoms with Crippen LogP contribution < -0.4 is 0 Å². The lowest BCUT2D eigenvalue weighted by Crippen LogP contribution is -2.00. The first-order chi connectivity index (χ1) is 4.45. The molecule has 0 heterocycles. The lowest BCUT2D eigenvalue weighted by atomic mass is 10.5. The minimum Gasteiger partial charge on any atom is -0.466 e. The molecule has 0 aromatic rings. The van der Waals surface area contributed by atoms with Gasteiger partial charge in [0.1, 0.15) is 0 Å². The summed E-state index contributed by atoms with van der Waals surface area (Å²) in [5.74, 6) is -0.664. The first-order valence-corrected chi connectivity index (χ1v) is 2.11. The smallest absolute Gasteiger partial charge is 0.305 e. The van der Waals surface area contributed by atoms with E-state index in [9.17, 15) is 4.79 Å². The highest BCUT2D eigenvalue weighted by molar-refractivity contribution is 5.68. The molecule has 0 fully saturated rings. The third-order valence-corrected chi connectivity index (χ3v) is 0.450. The number of hydrogen-bond acceptors (Lipinski definition) is 2. The van der Waals surface area contributed by atoms with E-state index in [4.69, 9.17) is 4.11 Å². The molecule has 0 aromatic carbocycles. The standard InChI is InChI=1S/C5H10O2/c1-3-5(6)7-4-2/h3-4H2,1-2H3/i1D3. The van der Waals surface area contributed by atoms with Gasteiger partial charge < -0.3 is 4.74 Å². The molecule has 7 heavy (non-hydrogen) atoms. The van der Waals surface area contributed by atoms with Gasteiger partial charge >= 0.3 is 5.97 Å². The van der Waals surface area contributed by atoms with Crippen LogP contribution in [0.15, 0.2) is 0 Å². The van der Waals surface area contributed by atoms with Crippen molar-refractivity contribution in [2.75, 3.05) is 6.61 Å². The van der Waals surface area contributed by atoms with Crippen molar-refractivity contribution in [1.82, 2.24) is 0 Å². The van der Waals surface area contributed by atoms with Crippen LogP contribution in [0.1, 0.15) is 24.3 Å². The normalized spacial score (nSPS) is 16.4. The second kappa shape index (κ2) is 3.65. The van der Waals surface area contributed by atoms with Crippen LogP contribution in [0.2, 0.25) is 0 Å². The number of rotatable bonds is 2. The molecular formula is C5H10O2. The predicted octanol–water partition coefficient (Wildman–Crippen LogP) is 0.960. The Morgan fingerprint density at radius 3 is 3.14 bits per heavy atom. The summed E-state index contributed by atoms with van der Waals surface area (Å²) in [6.07, 6.45) is -0.499. The summed E-state index contributed by atoms with van der Waals surface area (Å²) in [4.78, 5) is 10.5. The molecule has 0 spiro atoms. The van der Waals surface area contributed by atoms with E-state index >= 15 is 0 Å². The van der Waals surface area contributed by atoms with E-state index in [1.807, 2.05) is 0 Å². The quantitative estimate of drug-likeness (QED) is 0.489. The number of hydrogen-bond donors (Lipinski definition) is 0. The molecule has 0 aliphatic heterocycles. The van der Waals surface area contributed by atoms with Gasteiger partial charge in [-0.05, 0) is 6.92 Å². The van der Waals surface area contributed by atoms with Gasteiger partial charge in [0.05, 0.1) is 6.61 Å². The van der Waals surface area contributed by atoms with E-state index in [2.05, 4.69) is 4.74 Å². The molecule has 0 atom stereocenters. The Morgan fingerprint density at radius 2 is 2.71 bits per heavy atom. The number of carbonyl (C=O) groups excluding carboxylic acids is 1. The minimum atomic E-state index is -2.20. The summed E-state index contributed by atoms with van der Waals surface area (Å²) < 4.78 is 24.4. The summed E-state index contributed by atoms with van der Waals surface area (Å²) in [6, 6.07) is 0. The number of carbonyl (C=O) groups is 1. The van der Waals surface area contributed by atoms with Crippen molar-refractivity contribution < 1.29 is 13.6 Å². The summed E-state index contributed by atoms with van der Waals surface area (Å²) >= 11 is 0. The van der Waals surface area contributed by atoms with E-state index in [0.29, 0.717) is 0 Å². The first-order valence-electron chi connectivity index (χ1n) is 3.61. The van der Waals surface area contributed by atoms with Gasteiger partial charge in [-0.3, -0.25) is 4.79 Å². The predicted molar refractivity (Wildman–Crippen MR) is 26.9 cm³/mol. The van der Waals surface area contributed by atoms with Gasteiger partial charge in [-0.15, -0.1) is 0 Å². The Kier molecular flexibility index (Phi) is 1.41. The zero-order valence-corrected chi connectivity index (χ0v) is 4.23. The fourth-order valence-electron chi connectivity index (χ4n) is 0.212. The van der Waals surface area contributed by atoms with Crippen LogP contribution in [0.25, 0.3) is 0 Å². The van der Waals surface area contributed by atoms with Crippen molar-refractivity contribution in [3.05, 3.63) is 0 Å². The maximum atomic E-state index is 10.5. The molecule has 0 saturated heterocycles. The van der Waals surface area contributed by atoms with E-state index < -0.39 is 19.2 Å². The highest BCUT2D eigenvalue weighted by Gasteiger charge is 1.91. The van der Waals surface area contributed by atoms with Gasteiger partial charge in [-0.2, -0.15) is 0 Å². The second-order valence-corrected chi connectivity index (χ2v) is 0.982. The van der Waals surface area contributed by atoms with Crippen molar-refractivity contribution in [2.45, 2.75) is 20.2 Å². The molecule has 2 nitrogen and oxygen atoms in total. The average molecular weight is 105 g/mol. The highest BCUT2D eigenvalue weighted by Crippen LogP contribution is 1.80. The molecule has 0 saturated carbocycles. The Balaban J connectivity index is 3.58. The van der Waals surface area contributed by atoms with Crippen LogP contribution in [0.5, 0.6) is 0 Å². The van der Waals surface area contributed by atoms with Crippen LogP contribution in [-0.2, 0) is 9.53 Å². The summed E-state index contributed by atoms with van der Waals surface area (Å²) in [7, 11) is 0. The van der Waals surface area contributed by atoms with Crippen molar-refractivity contribution in [1.29, 1.82) is 0 Å². The Morgan fingerprint density at radius 1 is 2.00 bits per heavy atom. The maximum absolute atomic E-state index is 10.5. The average Bonchev–Trinajstić information content (AvgIpc) is 1.59. The molecule has 0 amide bonds. The van der Waals surface area contributed by atoms with E-state index in [1.54, 1.807) is 6.92 Å². The summed E-state index contributed by atoms with van der Waals surface area (Å²) in [6.45, 7) is -0.335. The van der Waals surface area contributed by atoms with E-state index in [-0.39, 0.29) is 6.61 Å². The van der Waals surface area contributed by atoms with Crippen molar-refractivity contribution in [3.63, 3.8) is 0 Å². The summed E-state index contributed by atoms with van der Waals surface area (Å²) in [5.41, 5.74) is 0. The molecule has 0 radical (unpaired) electrons. The first kappa shape index (κ1) is 2.70. The van der Waals surface area contributed by atoms with Crippen LogP contribution in [0, 0.1) is 0 Å². The Labute approximate surface area is 47.7 Å². The topological polar surface area (TPSA) is 26.3 Å². The molecule has 0 aromatic heterocycles. The van der Waals surface area contributed by atoms with Crippen molar-refractivity contribution >= 4 is 5.97 Å². The van der Waals surface area contributed by atoms with Gasteiger partial charge in [0.25, 0.3) is 0 Å². The molecular weight excluding hydrogens is 92.1 g/mol. The lowest BCUT2D eigenvalue weighted by molar-refractivity contribution is -0.142. The highest BCUT2D eigenvalue weighted by atomic mass is 16.5. The van der Waals surface area contributed by atoms with Crippen LogP contribution in [0.4, 0.5) is 0 Å². The van der Waals surface area contributed by atoms with Crippen LogP contribution >= 0.6 is 0 Å². The Bertz CT molecular complexity index is 119. The number of ether oxygens (including phenoxy) is 1. The molecule has 0 N–H and O–H groups in total. The van der Waals surface area contributed by atoms with Gasteiger partial charge in [-0.25, -0.2) is 0 Å². The molecule has 0 bridgehead atoms. The maximum Gasteiger partial charge on any atom is 0.305 e. The zero-order chi connectivity index (χ0) is 8.20. The number of esters is 1. The Hall–Kier alpha value is -0.530. The monoisotopic (exact) mass is 105 g/mol. The molecule has 0 rings (SSSR count). The van der Waals surface area contributed by atoms with Crippen LogP contribution in [-0.4, -0.2) is 12.6 Å². The van der Waals surface area contributed by atoms with Gasteiger partial charge in [0.15, 0.2) is 0 Å². The van der Waals surface area contributed by atoms with Gasteiger partial charge in [-0.1, -0.05) is 6.85 Å². The van der Waals surface area contributed by atoms with E-state index in [0.717, 1.165) is 0 Å². The molecule has 2 heteroatoms. The van der Waals surface area contributed by atoms with Crippen molar-refractivity contribution in [3.8, 4) is 0 Å². The lowest BCUT2D eigenvalue weighted by Gasteiger charge is -1.93. The van der Waals surface area contributed by atoms with Crippen LogP contribution in [0.3, 0.4) is 0 Å². The third kappa shape index (κ3) is 3.30. The molecule has 0 aliphatic carbocycles. The summed E-state index contributed by atoms with van der Waals surface area (Å²) in [5, 5.41) is 0. The second-order valence-electron chi connectivity index (χ2n) is 0.982. The third-order valence-electron chi connectivity index (χ3n) is 0.450. The zero-order valence-electron chi connectivity index (χ0n) is 7.23. The molecule has 0 unspecified atom stereocenters. The fraction of sp³-hybridized carbons (Fsp3) is 0.800. The van der Waals surface area contributed by atoms with Gasteiger partial charge in [0.2, 0.25) is 0 Å². The molecule has 42 valence electrons. The van der Waals surface area contributed by atoms with Gasteiger partial charge in [0, 0.05) is 10.5 Å². The SMILES string of the molecule is [2H]C([2H])([2H])CC(=O)OCC. The van der Waals surface area contributed by atoms with Crippen molar-refractivity contribution in [2.24, 2.45) is 0 Å². The largest absolute Gasteiger partial charge is 0.466 e.